The summed E-state index contributed by atoms with van der Waals surface area (Å²) in [6.07, 6.45) is 28.0. The Balaban J connectivity index is 1.75. The van der Waals surface area contributed by atoms with Crippen molar-refractivity contribution in [3.63, 3.8) is 0 Å². The molecular weight excluding hydrogens is 564 g/mol. The number of aryl methyl sites for hydroxylation is 2. The van der Waals surface area contributed by atoms with Crippen LogP contribution in [-0.4, -0.2) is 11.8 Å². The standard InChI is InChI=1S/C42H68N2O2/c1-6-8-10-12-14-16-18-20-21-23-25-27-39(45)43-38-31-29-37(30-32-38)41-34(3)33-35(4)42(36(41)5)44-40(46)28-26-24-22-19-17-15-13-11-9-7-2/h29-33H,6-28H2,1-5H3,(H,43,45)(H,44,46). The molecular formula is C42H68N2O2. The van der Waals surface area contributed by atoms with Crippen molar-refractivity contribution >= 4 is 23.2 Å². The zero-order valence-electron chi connectivity index (χ0n) is 30.5. The molecule has 0 fully saturated rings. The quantitative estimate of drug-likeness (QED) is 0.101. The van der Waals surface area contributed by atoms with Crippen LogP contribution in [0, 0.1) is 20.8 Å². The topological polar surface area (TPSA) is 58.2 Å². The molecule has 2 amide bonds. The molecule has 258 valence electrons. The van der Waals surface area contributed by atoms with Gasteiger partial charge in [-0.3, -0.25) is 9.59 Å². The Morgan fingerprint density at radius 1 is 0.500 bits per heavy atom. The number of amides is 2. The van der Waals surface area contributed by atoms with Gasteiger partial charge in [-0.1, -0.05) is 154 Å². The first-order chi connectivity index (χ1) is 22.4. The van der Waals surface area contributed by atoms with Gasteiger partial charge in [-0.15, -0.1) is 0 Å². The maximum absolute atomic E-state index is 12.9. The van der Waals surface area contributed by atoms with Gasteiger partial charge in [-0.25, -0.2) is 0 Å². The van der Waals surface area contributed by atoms with Crippen LogP contribution in [0.25, 0.3) is 11.1 Å². The average Bonchev–Trinajstić information content (AvgIpc) is 3.03. The molecule has 0 spiro atoms. The molecule has 0 aliphatic carbocycles. The van der Waals surface area contributed by atoms with Crippen molar-refractivity contribution in [2.75, 3.05) is 10.6 Å². The lowest BCUT2D eigenvalue weighted by Gasteiger charge is -2.19. The molecule has 46 heavy (non-hydrogen) atoms. The zero-order chi connectivity index (χ0) is 33.4. The minimum absolute atomic E-state index is 0.0961. The van der Waals surface area contributed by atoms with E-state index in [1.807, 2.05) is 12.1 Å². The molecule has 0 atom stereocenters. The fraction of sp³-hybridized carbons (Fsp3) is 0.667. The van der Waals surface area contributed by atoms with Crippen LogP contribution >= 0.6 is 0 Å². The summed E-state index contributed by atoms with van der Waals surface area (Å²) in [5, 5.41) is 6.32. The van der Waals surface area contributed by atoms with E-state index in [4.69, 9.17) is 0 Å². The fourth-order valence-electron chi connectivity index (χ4n) is 6.69. The van der Waals surface area contributed by atoms with Gasteiger partial charge < -0.3 is 10.6 Å². The van der Waals surface area contributed by atoms with Gasteiger partial charge in [0.15, 0.2) is 0 Å². The van der Waals surface area contributed by atoms with E-state index in [-0.39, 0.29) is 11.8 Å². The number of rotatable bonds is 26. The minimum atomic E-state index is 0.0961. The highest BCUT2D eigenvalue weighted by Crippen LogP contribution is 2.35. The molecule has 2 N–H and O–H groups in total. The molecule has 2 rings (SSSR count). The summed E-state index contributed by atoms with van der Waals surface area (Å²) in [5.74, 6) is 0.204. The van der Waals surface area contributed by atoms with Gasteiger partial charge in [0, 0.05) is 24.2 Å². The molecule has 0 aromatic heterocycles. The van der Waals surface area contributed by atoms with E-state index in [9.17, 15) is 9.59 Å². The van der Waals surface area contributed by atoms with Crippen LogP contribution < -0.4 is 10.6 Å². The Labute approximate surface area is 283 Å². The first-order valence-corrected chi connectivity index (χ1v) is 19.2. The minimum Gasteiger partial charge on any atom is -0.326 e. The lowest BCUT2D eigenvalue weighted by Crippen LogP contribution is -2.14. The number of benzene rings is 2. The van der Waals surface area contributed by atoms with Crippen LogP contribution in [0.4, 0.5) is 11.4 Å². The maximum Gasteiger partial charge on any atom is 0.224 e. The van der Waals surface area contributed by atoms with Crippen LogP contribution in [0.15, 0.2) is 30.3 Å². The van der Waals surface area contributed by atoms with Gasteiger partial charge in [0.2, 0.25) is 11.8 Å². The van der Waals surface area contributed by atoms with Crippen molar-refractivity contribution in [1.29, 1.82) is 0 Å². The number of carbonyl (C=O) groups excluding carboxylic acids is 2. The molecule has 0 unspecified atom stereocenters. The van der Waals surface area contributed by atoms with Gasteiger partial charge in [-0.2, -0.15) is 0 Å². The van der Waals surface area contributed by atoms with Gasteiger partial charge in [0.25, 0.3) is 0 Å². The predicted molar refractivity (Wildman–Crippen MR) is 201 cm³/mol. The lowest BCUT2D eigenvalue weighted by molar-refractivity contribution is -0.117. The highest BCUT2D eigenvalue weighted by molar-refractivity contribution is 5.95. The number of unbranched alkanes of at least 4 members (excludes halogenated alkanes) is 19. The highest BCUT2D eigenvalue weighted by Gasteiger charge is 2.15. The summed E-state index contributed by atoms with van der Waals surface area (Å²) in [7, 11) is 0. The second-order valence-electron chi connectivity index (χ2n) is 13.8. The third-order valence-electron chi connectivity index (χ3n) is 9.46. The van der Waals surface area contributed by atoms with E-state index in [1.165, 1.54) is 115 Å². The van der Waals surface area contributed by atoms with E-state index in [2.05, 4.69) is 63.5 Å². The van der Waals surface area contributed by atoms with Crippen LogP contribution in [0.1, 0.15) is 178 Å². The van der Waals surface area contributed by atoms with Crippen LogP contribution in [-0.2, 0) is 9.59 Å². The molecule has 0 aliphatic rings. The monoisotopic (exact) mass is 633 g/mol. The summed E-state index contributed by atoms with van der Waals surface area (Å²) >= 11 is 0. The molecule has 4 nitrogen and oxygen atoms in total. The Bertz CT molecular complexity index is 1120. The number of hydrogen-bond donors (Lipinski definition) is 2. The summed E-state index contributed by atoms with van der Waals surface area (Å²) in [6, 6.07) is 10.3. The van der Waals surface area contributed by atoms with Crippen LogP contribution in [0.3, 0.4) is 0 Å². The molecule has 0 saturated heterocycles. The van der Waals surface area contributed by atoms with E-state index in [0.29, 0.717) is 12.8 Å². The molecule has 2 aromatic rings. The van der Waals surface area contributed by atoms with Crippen molar-refractivity contribution < 1.29 is 9.59 Å². The zero-order valence-corrected chi connectivity index (χ0v) is 30.5. The summed E-state index contributed by atoms with van der Waals surface area (Å²) in [5.41, 5.74) is 7.41. The number of anilines is 2. The maximum atomic E-state index is 12.9. The Morgan fingerprint density at radius 3 is 1.33 bits per heavy atom. The van der Waals surface area contributed by atoms with E-state index >= 15 is 0 Å². The van der Waals surface area contributed by atoms with Crippen molar-refractivity contribution in [2.24, 2.45) is 0 Å². The highest BCUT2D eigenvalue weighted by atomic mass is 16.2. The Hall–Kier alpha value is -2.62. The first-order valence-electron chi connectivity index (χ1n) is 19.2. The molecule has 0 bridgehead atoms. The second-order valence-corrected chi connectivity index (χ2v) is 13.8. The summed E-state index contributed by atoms with van der Waals surface area (Å²) < 4.78 is 0. The van der Waals surface area contributed by atoms with Gasteiger partial charge in [0.05, 0.1) is 0 Å². The third kappa shape index (κ3) is 16.3. The van der Waals surface area contributed by atoms with Crippen molar-refractivity contribution in [3.8, 4) is 11.1 Å². The number of carbonyl (C=O) groups is 2. The molecule has 0 saturated carbocycles. The van der Waals surface area contributed by atoms with E-state index in [1.54, 1.807) is 0 Å². The van der Waals surface area contributed by atoms with E-state index in [0.717, 1.165) is 59.3 Å². The first kappa shape index (κ1) is 39.6. The molecule has 2 aromatic carbocycles. The van der Waals surface area contributed by atoms with Gasteiger partial charge in [0.1, 0.15) is 0 Å². The predicted octanol–water partition coefficient (Wildman–Crippen LogP) is 13.2. The molecule has 0 aliphatic heterocycles. The fourth-order valence-corrected chi connectivity index (χ4v) is 6.69. The van der Waals surface area contributed by atoms with Gasteiger partial charge in [-0.05, 0) is 73.6 Å². The SMILES string of the molecule is CCCCCCCCCCCCCC(=O)Nc1ccc(-c2c(C)cc(C)c(NC(=O)CCCCCCCCCCCC)c2C)cc1. The number of nitrogens with one attached hydrogen (secondary N) is 2. The molecule has 0 radical (unpaired) electrons. The van der Waals surface area contributed by atoms with Crippen molar-refractivity contribution in [1.82, 2.24) is 0 Å². The third-order valence-corrected chi connectivity index (χ3v) is 9.46. The van der Waals surface area contributed by atoms with Gasteiger partial charge >= 0.3 is 0 Å². The molecule has 0 heterocycles. The lowest BCUT2D eigenvalue weighted by atomic mass is 9.92. The van der Waals surface area contributed by atoms with Crippen molar-refractivity contribution in [3.05, 3.63) is 47.0 Å². The summed E-state index contributed by atoms with van der Waals surface area (Å²) in [6.45, 7) is 10.8. The number of hydrogen-bond acceptors (Lipinski definition) is 2. The normalized spacial score (nSPS) is 11.2. The van der Waals surface area contributed by atoms with Crippen molar-refractivity contribution in [2.45, 2.75) is 182 Å². The van der Waals surface area contributed by atoms with E-state index < -0.39 is 0 Å². The Morgan fingerprint density at radius 2 is 0.891 bits per heavy atom. The summed E-state index contributed by atoms with van der Waals surface area (Å²) in [4.78, 5) is 25.4. The largest absolute Gasteiger partial charge is 0.326 e. The van der Waals surface area contributed by atoms with Crippen LogP contribution in [0.5, 0.6) is 0 Å². The van der Waals surface area contributed by atoms with Crippen LogP contribution in [0.2, 0.25) is 0 Å². The molecule has 4 heteroatoms. The second kappa shape index (κ2) is 24.5. The Kier molecular flexibility index (Phi) is 21.1. The smallest absolute Gasteiger partial charge is 0.224 e. The average molecular weight is 633 g/mol.